The molecule has 1 aromatic carbocycles. The fraction of sp³-hybridized carbons (Fsp3) is 0.611. The first-order chi connectivity index (χ1) is 22.9. The van der Waals surface area contributed by atoms with Gasteiger partial charge in [0.2, 0.25) is 0 Å². The number of aromatic nitrogens is 1. The smallest absolute Gasteiger partial charge is 0.425 e. The lowest BCUT2D eigenvalue weighted by Gasteiger charge is -2.28. The number of hydrogen-bond acceptors (Lipinski definition) is 9. The molecule has 1 aliphatic rings. The van der Waals surface area contributed by atoms with Crippen LogP contribution in [0.3, 0.4) is 0 Å². The van der Waals surface area contributed by atoms with Crippen molar-refractivity contribution in [1.82, 2.24) is 15.2 Å². The number of carbonyl (C=O) groups is 3. The summed E-state index contributed by atoms with van der Waals surface area (Å²) < 4.78 is 52.3. The maximum Gasteiger partial charge on any atom is 0.425 e. The van der Waals surface area contributed by atoms with Crippen LogP contribution in [-0.2, 0) is 31.3 Å². The zero-order chi connectivity index (χ0) is 37.7. The molecule has 11 nitrogen and oxygen atoms in total. The van der Waals surface area contributed by atoms with Crippen LogP contribution in [0.2, 0.25) is 5.02 Å². The van der Waals surface area contributed by atoms with Gasteiger partial charge < -0.3 is 29.2 Å². The van der Waals surface area contributed by atoms with Crippen molar-refractivity contribution in [3.05, 3.63) is 58.2 Å². The van der Waals surface area contributed by atoms with Crippen molar-refractivity contribution in [2.75, 3.05) is 37.7 Å². The molecule has 0 unspecified atom stereocenters. The largest absolute Gasteiger partial charge is 0.444 e. The van der Waals surface area contributed by atoms with Crippen molar-refractivity contribution < 1.29 is 42.1 Å². The third-order valence-electron chi connectivity index (χ3n) is 7.10. The fourth-order valence-corrected chi connectivity index (χ4v) is 5.32. The molecule has 0 spiro atoms. The van der Waals surface area contributed by atoms with Gasteiger partial charge in [-0.15, -0.1) is 0 Å². The van der Waals surface area contributed by atoms with Crippen LogP contribution in [0.25, 0.3) is 0 Å². The average molecular weight is 725 g/mol. The van der Waals surface area contributed by atoms with Crippen molar-refractivity contribution >= 4 is 35.7 Å². The Hall–Kier alpha value is -3.55. The maximum absolute atomic E-state index is 14.7. The normalized spacial score (nSPS) is 17.0. The number of benzene rings is 1. The van der Waals surface area contributed by atoms with Crippen LogP contribution in [0.5, 0.6) is 0 Å². The zero-order valence-corrected chi connectivity index (χ0v) is 31.5. The molecule has 278 valence electrons. The van der Waals surface area contributed by atoms with Gasteiger partial charge in [0.1, 0.15) is 22.6 Å². The lowest BCUT2D eigenvalue weighted by molar-refractivity contribution is -0.00893. The van der Waals surface area contributed by atoms with Crippen LogP contribution in [0.1, 0.15) is 79.1 Å². The molecule has 2 heterocycles. The van der Waals surface area contributed by atoms with Gasteiger partial charge in [-0.2, -0.15) is 13.7 Å². The van der Waals surface area contributed by atoms with E-state index in [1.165, 1.54) is 24.3 Å². The number of nitrogens with one attached hydrogen (secondary N) is 1. The molecule has 1 saturated heterocycles. The molecule has 0 bridgehead atoms. The number of imide groups is 1. The predicted octanol–water partition coefficient (Wildman–Crippen LogP) is 7.90. The maximum atomic E-state index is 14.7. The number of amides is 3. The summed E-state index contributed by atoms with van der Waals surface area (Å²) in [6, 6.07) is 8.97. The molecule has 0 aliphatic carbocycles. The van der Waals surface area contributed by atoms with Crippen molar-refractivity contribution in [3.63, 3.8) is 0 Å². The number of carbonyl (C=O) groups excluding carboxylic acids is 3. The summed E-state index contributed by atoms with van der Waals surface area (Å²) in [5, 5.41) is 2.98. The van der Waals surface area contributed by atoms with Gasteiger partial charge in [0.05, 0.1) is 25.8 Å². The van der Waals surface area contributed by atoms with Gasteiger partial charge in [-0.3, -0.25) is 0 Å². The van der Waals surface area contributed by atoms with Gasteiger partial charge in [-0.25, -0.2) is 19.4 Å². The number of likely N-dealkylation sites (tertiary alicyclic amines) is 1. The van der Waals surface area contributed by atoms with E-state index in [-0.39, 0.29) is 48.6 Å². The van der Waals surface area contributed by atoms with Crippen LogP contribution in [0, 0.1) is 12.8 Å². The SMILES string of the molecule is Cc1cc(C[C@@H]2CN(C(=O)OC(C)(C)C)C[C@@H]2OCCNCC(F)(F)c2cccc(Cl)c2)nc(N(C(=O)OC(C)(C)C)C(=O)OC(C)(C)C)c1. The van der Waals surface area contributed by atoms with Gasteiger partial charge in [-0.1, -0.05) is 23.7 Å². The number of ether oxygens (including phenoxy) is 4. The minimum absolute atomic E-state index is 0.0211. The summed E-state index contributed by atoms with van der Waals surface area (Å²) in [5.41, 5.74) is -1.46. The molecule has 1 aliphatic heterocycles. The molecule has 1 N–H and O–H groups in total. The average Bonchev–Trinajstić information content (AvgIpc) is 3.32. The first-order valence-corrected chi connectivity index (χ1v) is 17.0. The standard InChI is InChI=1S/C36H51ClF2N4O7/c1-23-16-27(41-29(17-23)43(31(45)49-34(5,6)7)32(46)50-35(8,9)10)18-24-20-42(30(44)48-33(2,3)4)21-28(24)47-15-14-40-22-36(38,39)25-12-11-13-26(37)19-25/h11-13,16-17,19,24,28,40H,14-15,18,20-22H2,1-10H3/t24-,28+/m1/s1. The van der Waals surface area contributed by atoms with E-state index in [1.54, 1.807) is 80.2 Å². The highest BCUT2D eigenvalue weighted by Gasteiger charge is 2.39. The van der Waals surface area contributed by atoms with Crippen LogP contribution < -0.4 is 10.2 Å². The van der Waals surface area contributed by atoms with Crippen LogP contribution in [0.15, 0.2) is 36.4 Å². The summed E-state index contributed by atoms with van der Waals surface area (Å²) in [4.78, 5) is 46.6. The Morgan fingerprint density at radius 2 is 1.52 bits per heavy atom. The predicted molar refractivity (Wildman–Crippen MR) is 187 cm³/mol. The summed E-state index contributed by atoms with van der Waals surface area (Å²) in [6.07, 6.45) is -2.58. The van der Waals surface area contributed by atoms with Gasteiger partial charge in [-0.05, 0) is 105 Å². The number of halogens is 3. The molecule has 1 aromatic heterocycles. The monoisotopic (exact) mass is 724 g/mol. The number of nitrogens with zero attached hydrogens (tertiary/aromatic N) is 3. The van der Waals surface area contributed by atoms with Crippen molar-refractivity contribution in [2.45, 2.75) is 104 Å². The molecule has 0 radical (unpaired) electrons. The van der Waals surface area contributed by atoms with Crippen LogP contribution >= 0.6 is 11.6 Å². The van der Waals surface area contributed by atoms with Gasteiger partial charge in [0.25, 0.3) is 5.92 Å². The fourth-order valence-electron chi connectivity index (χ4n) is 5.13. The molecule has 50 heavy (non-hydrogen) atoms. The number of rotatable bonds is 10. The number of pyridine rings is 1. The molecule has 3 rings (SSSR count). The summed E-state index contributed by atoms with van der Waals surface area (Å²) >= 11 is 5.90. The van der Waals surface area contributed by atoms with Crippen molar-refractivity contribution in [1.29, 1.82) is 0 Å². The van der Waals surface area contributed by atoms with Crippen molar-refractivity contribution in [2.24, 2.45) is 5.92 Å². The third kappa shape index (κ3) is 13.0. The van der Waals surface area contributed by atoms with Crippen LogP contribution in [-0.4, -0.2) is 83.9 Å². The first-order valence-electron chi connectivity index (χ1n) is 16.6. The van der Waals surface area contributed by atoms with Gasteiger partial charge >= 0.3 is 18.3 Å². The Kier molecular flexibility index (Phi) is 13.2. The van der Waals surface area contributed by atoms with E-state index >= 15 is 0 Å². The van der Waals surface area contributed by atoms with E-state index in [2.05, 4.69) is 10.3 Å². The van der Waals surface area contributed by atoms with E-state index in [4.69, 9.17) is 30.5 Å². The Morgan fingerprint density at radius 3 is 2.08 bits per heavy atom. The number of anilines is 1. The van der Waals surface area contributed by atoms with E-state index in [9.17, 15) is 23.2 Å². The van der Waals surface area contributed by atoms with Gasteiger partial charge in [0, 0.05) is 35.3 Å². The molecule has 3 amide bonds. The lowest BCUT2D eigenvalue weighted by atomic mass is 9.98. The zero-order valence-electron chi connectivity index (χ0n) is 30.7. The summed E-state index contributed by atoms with van der Waals surface area (Å²) in [7, 11) is 0. The molecule has 2 atom stereocenters. The second-order valence-corrected chi connectivity index (χ2v) is 15.9. The molecular formula is C36H51ClF2N4O7. The summed E-state index contributed by atoms with van der Waals surface area (Å²) in [6.45, 7) is 17.3. The minimum Gasteiger partial charge on any atom is -0.444 e. The van der Waals surface area contributed by atoms with Gasteiger partial charge in [0.15, 0.2) is 0 Å². The summed E-state index contributed by atoms with van der Waals surface area (Å²) in [5.74, 6) is -3.41. The second-order valence-electron chi connectivity index (χ2n) is 15.4. The Bertz CT molecular complexity index is 1480. The first kappa shape index (κ1) is 40.9. The lowest BCUT2D eigenvalue weighted by Crippen LogP contribution is -2.44. The number of hydrogen-bond donors (Lipinski definition) is 1. The molecule has 1 fully saturated rings. The number of aryl methyl sites for hydroxylation is 1. The topological polar surface area (TPSA) is 120 Å². The van der Waals surface area contributed by atoms with E-state index in [0.29, 0.717) is 17.7 Å². The Morgan fingerprint density at radius 1 is 0.920 bits per heavy atom. The third-order valence-corrected chi connectivity index (χ3v) is 7.33. The quantitative estimate of drug-likeness (QED) is 0.193. The highest BCUT2D eigenvalue weighted by atomic mass is 35.5. The van der Waals surface area contributed by atoms with Crippen molar-refractivity contribution in [3.8, 4) is 0 Å². The van der Waals surface area contributed by atoms with E-state index < -0.39 is 53.7 Å². The Labute approximate surface area is 298 Å². The van der Waals surface area contributed by atoms with E-state index in [1.807, 2.05) is 6.07 Å². The molecular weight excluding hydrogens is 674 g/mol. The minimum atomic E-state index is -3.14. The molecule has 2 aromatic rings. The number of alkyl halides is 2. The molecule has 14 heteroatoms. The highest BCUT2D eigenvalue weighted by molar-refractivity contribution is 6.30. The highest BCUT2D eigenvalue weighted by Crippen LogP contribution is 2.30. The molecule has 0 saturated carbocycles. The van der Waals surface area contributed by atoms with Crippen LogP contribution in [0.4, 0.5) is 29.0 Å². The second kappa shape index (κ2) is 16.2. The van der Waals surface area contributed by atoms with E-state index in [0.717, 1.165) is 4.90 Å². The Balaban J connectivity index is 1.80.